The summed E-state index contributed by atoms with van der Waals surface area (Å²) >= 11 is 0. The van der Waals surface area contributed by atoms with Gasteiger partial charge in [0.05, 0.1) is 0 Å². The van der Waals surface area contributed by atoms with Crippen molar-refractivity contribution in [3.63, 3.8) is 0 Å². The number of nitrogens with zero attached hydrogens (tertiary/aromatic N) is 2. The van der Waals surface area contributed by atoms with Crippen LogP contribution in [0, 0.1) is 0 Å². The van der Waals surface area contributed by atoms with Gasteiger partial charge in [-0.15, -0.1) is 0 Å². The third kappa shape index (κ3) is 3.94. The van der Waals surface area contributed by atoms with E-state index in [-0.39, 0.29) is 0 Å². The van der Waals surface area contributed by atoms with Crippen molar-refractivity contribution >= 4 is 0 Å². The third-order valence-electron chi connectivity index (χ3n) is 4.28. The first-order valence-corrected chi connectivity index (χ1v) is 7.42. The van der Waals surface area contributed by atoms with E-state index < -0.39 is 0 Å². The van der Waals surface area contributed by atoms with Gasteiger partial charge in [-0.2, -0.15) is 0 Å². The zero-order valence-electron chi connectivity index (χ0n) is 11.7. The van der Waals surface area contributed by atoms with E-state index in [2.05, 4.69) is 29.0 Å². The van der Waals surface area contributed by atoms with Crippen LogP contribution in [0.5, 0.6) is 0 Å². The molecular weight excluding hydrogens is 210 g/mol. The van der Waals surface area contributed by atoms with Crippen molar-refractivity contribution < 1.29 is 0 Å². The Kier molecular flexibility index (Phi) is 4.83. The Morgan fingerprint density at radius 3 is 2.35 bits per heavy atom. The van der Waals surface area contributed by atoms with Crippen molar-refractivity contribution in [1.82, 2.24) is 15.1 Å². The molecule has 3 heteroatoms. The molecule has 1 N–H and O–H groups in total. The number of piperidine rings is 1. The first-order valence-electron chi connectivity index (χ1n) is 7.42. The normalized spacial score (nSPS) is 32.8. The summed E-state index contributed by atoms with van der Waals surface area (Å²) < 4.78 is 0. The molecule has 2 fully saturated rings. The van der Waals surface area contributed by atoms with Crippen LogP contribution in [0.25, 0.3) is 0 Å². The molecule has 100 valence electrons. The fourth-order valence-corrected chi connectivity index (χ4v) is 3.23. The Morgan fingerprint density at radius 1 is 1.06 bits per heavy atom. The molecule has 2 rings (SSSR count). The summed E-state index contributed by atoms with van der Waals surface area (Å²) in [7, 11) is 0. The zero-order chi connectivity index (χ0) is 12.1. The topological polar surface area (TPSA) is 18.5 Å². The van der Waals surface area contributed by atoms with Gasteiger partial charge in [0, 0.05) is 38.3 Å². The van der Waals surface area contributed by atoms with Crippen molar-refractivity contribution in [2.45, 2.75) is 45.1 Å². The predicted molar refractivity (Wildman–Crippen MR) is 73.4 cm³/mol. The van der Waals surface area contributed by atoms with E-state index in [0.717, 1.165) is 0 Å². The largest absolute Gasteiger partial charge is 0.310 e. The summed E-state index contributed by atoms with van der Waals surface area (Å²) in [5, 5.41) is 3.72. The molecule has 2 saturated heterocycles. The minimum absolute atomic E-state index is 0.380. The second-order valence-electron chi connectivity index (χ2n) is 6.06. The highest BCUT2D eigenvalue weighted by Gasteiger charge is 2.29. The number of rotatable bonds is 4. The van der Waals surface area contributed by atoms with Crippen LogP contribution in [-0.2, 0) is 0 Å². The maximum atomic E-state index is 3.72. The molecule has 0 aromatic heterocycles. The van der Waals surface area contributed by atoms with Crippen molar-refractivity contribution in [3.8, 4) is 0 Å². The monoisotopic (exact) mass is 239 g/mol. The van der Waals surface area contributed by atoms with E-state index >= 15 is 0 Å². The van der Waals surface area contributed by atoms with Gasteiger partial charge >= 0.3 is 0 Å². The molecular formula is C14H29N3. The Hall–Kier alpha value is -0.120. The summed E-state index contributed by atoms with van der Waals surface area (Å²) in [6.45, 7) is 13.5. The lowest BCUT2D eigenvalue weighted by atomic mass is 9.90. The van der Waals surface area contributed by atoms with Gasteiger partial charge in [-0.1, -0.05) is 13.3 Å². The molecule has 0 radical (unpaired) electrons. The van der Waals surface area contributed by atoms with Gasteiger partial charge in [0.1, 0.15) is 0 Å². The van der Waals surface area contributed by atoms with Crippen molar-refractivity contribution in [3.05, 3.63) is 0 Å². The zero-order valence-corrected chi connectivity index (χ0v) is 11.7. The van der Waals surface area contributed by atoms with E-state index in [1.165, 1.54) is 71.5 Å². The molecule has 0 saturated carbocycles. The molecule has 0 aromatic rings. The van der Waals surface area contributed by atoms with Gasteiger partial charge in [0.2, 0.25) is 0 Å². The minimum atomic E-state index is 0.380. The Balaban J connectivity index is 1.73. The Labute approximate surface area is 107 Å². The predicted octanol–water partition coefficient (Wildman–Crippen LogP) is 1.55. The van der Waals surface area contributed by atoms with Crippen LogP contribution in [0.2, 0.25) is 0 Å². The lowest BCUT2D eigenvalue weighted by molar-refractivity contribution is 0.0954. The highest BCUT2D eigenvalue weighted by molar-refractivity contribution is 4.90. The van der Waals surface area contributed by atoms with E-state index in [1.807, 2.05) is 0 Å². The van der Waals surface area contributed by atoms with Crippen molar-refractivity contribution in [2.24, 2.45) is 0 Å². The fraction of sp³-hybridized carbons (Fsp3) is 1.00. The molecule has 17 heavy (non-hydrogen) atoms. The molecule has 0 bridgehead atoms. The lowest BCUT2D eigenvalue weighted by Crippen LogP contribution is -2.57. The molecule has 2 heterocycles. The van der Waals surface area contributed by atoms with E-state index in [9.17, 15) is 0 Å². The van der Waals surface area contributed by atoms with Crippen LogP contribution in [0.4, 0.5) is 0 Å². The molecule has 0 aromatic carbocycles. The average molecular weight is 239 g/mol. The van der Waals surface area contributed by atoms with Gasteiger partial charge < -0.3 is 10.2 Å². The molecule has 0 spiro atoms. The highest BCUT2D eigenvalue weighted by Crippen LogP contribution is 2.20. The summed E-state index contributed by atoms with van der Waals surface area (Å²) in [6.07, 6.45) is 5.40. The summed E-state index contributed by atoms with van der Waals surface area (Å²) in [5.41, 5.74) is 0.380. The second-order valence-corrected chi connectivity index (χ2v) is 6.06. The van der Waals surface area contributed by atoms with E-state index in [0.29, 0.717) is 5.54 Å². The van der Waals surface area contributed by atoms with Crippen LogP contribution < -0.4 is 5.32 Å². The number of hydrogen-bond donors (Lipinski definition) is 1. The second kappa shape index (κ2) is 6.17. The van der Waals surface area contributed by atoms with Gasteiger partial charge in [-0.25, -0.2) is 0 Å². The first-order chi connectivity index (χ1) is 8.22. The lowest BCUT2D eigenvalue weighted by Gasteiger charge is -2.42. The number of nitrogens with one attached hydrogen (secondary N) is 1. The smallest absolute Gasteiger partial charge is 0.0280 e. The molecule has 3 nitrogen and oxygen atoms in total. The maximum absolute atomic E-state index is 3.72. The first kappa shape index (κ1) is 13.3. The van der Waals surface area contributed by atoms with Gasteiger partial charge in [-0.3, -0.25) is 4.90 Å². The summed E-state index contributed by atoms with van der Waals surface area (Å²) in [4.78, 5) is 5.26. The number of hydrogen-bond acceptors (Lipinski definition) is 3. The molecule has 0 amide bonds. The van der Waals surface area contributed by atoms with Crippen LogP contribution in [0.3, 0.4) is 0 Å². The fourth-order valence-electron chi connectivity index (χ4n) is 3.23. The van der Waals surface area contributed by atoms with Crippen molar-refractivity contribution in [1.29, 1.82) is 0 Å². The van der Waals surface area contributed by atoms with Crippen LogP contribution in [0.1, 0.15) is 39.5 Å². The molecule has 1 unspecified atom stereocenters. The Bertz CT molecular complexity index is 216. The maximum Gasteiger partial charge on any atom is 0.0280 e. The van der Waals surface area contributed by atoms with Crippen LogP contribution >= 0.6 is 0 Å². The van der Waals surface area contributed by atoms with Crippen LogP contribution in [-0.4, -0.2) is 61.2 Å². The molecule has 2 aliphatic rings. The quantitative estimate of drug-likeness (QED) is 0.803. The third-order valence-corrected chi connectivity index (χ3v) is 4.28. The van der Waals surface area contributed by atoms with Crippen LogP contribution in [0.15, 0.2) is 0 Å². The molecule has 2 aliphatic heterocycles. The van der Waals surface area contributed by atoms with Crippen molar-refractivity contribution in [2.75, 3.05) is 45.8 Å². The van der Waals surface area contributed by atoms with E-state index in [1.54, 1.807) is 0 Å². The summed E-state index contributed by atoms with van der Waals surface area (Å²) in [5.74, 6) is 0. The van der Waals surface area contributed by atoms with E-state index in [4.69, 9.17) is 0 Å². The molecule has 0 aliphatic carbocycles. The standard InChI is InChI=1S/C14H29N3/c1-3-8-16-9-11-17(12-10-16)13-14(2)6-4-5-7-15-14/h15H,3-13H2,1-2H3. The van der Waals surface area contributed by atoms with Gasteiger partial charge in [0.25, 0.3) is 0 Å². The average Bonchev–Trinajstić information content (AvgIpc) is 2.33. The SMILES string of the molecule is CCCN1CCN(CC2(C)CCCCN2)CC1. The minimum Gasteiger partial charge on any atom is -0.310 e. The molecule has 1 atom stereocenters. The Morgan fingerprint density at radius 2 is 1.76 bits per heavy atom. The summed E-state index contributed by atoms with van der Waals surface area (Å²) in [6, 6.07) is 0. The van der Waals surface area contributed by atoms with Gasteiger partial charge in [0.15, 0.2) is 0 Å². The highest BCUT2D eigenvalue weighted by atomic mass is 15.3. The number of piperazine rings is 1. The van der Waals surface area contributed by atoms with Gasteiger partial charge in [-0.05, 0) is 39.3 Å².